The molecule has 0 saturated heterocycles. The maximum Gasteiger partial charge on any atom is 0.348 e. The first-order valence-corrected chi connectivity index (χ1v) is 12.3. The Bertz CT molecular complexity index is 1700. The lowest BCUT2D eigenvalue weighted by Gasteiger charge is -2.10. The second-order valence-electron chi connectivity index (χ2n) is 7.57. The largest absolute Gasteiger partial charge is 0.497 e. The van der Waals surface area contributed by atoms with Gasteiger partial charge in [-0.05, 0) is 42.0 Å². The number of hydrogen-bond donors (Lipinski definition) is 0. The van der Waals surface area contributed by atoms with E-state index in [1.165, 1.54) is 23.1 Å². The maximum atomic E-state index is 13.4. The molecule has 2 aromatic carbocycles. The molecule has 9 nitrogen and oxygen atoms in total. The zero-order valence-corrected chi connectivity index (χ0v) is 20.1. The van der Waals surface area contributed by atoms with Gasteiger partial charge in [0, 0.05) is 11.1 Å². The van der Waals surface area contributed by atoms with E-state index in [1.54, 1.807) is 18.6 Å². The van der Waals surface area contributed by atoms with Gasteiger partial charge in [-0.2, -0.15) is 0 Å². The van der Waals surface area contributed by atoms with Crippen LogP contribution in [0.25, 0.3) is 37.9 Å². The predicted octanol–water partition coefficient (Wildman–Crippen LogP) is 4.27. The highest BCUT2D eigenvalue weighted by atomic mass is 32.2. The van der Waals surface area contributed by atoms with Crippen LogP contribution in [0, 0.1) is 0 Å². The highest BCUT2D eigenvalue weighted by Crippen LogP contribution is 2.40. The number of thioether (sulfide) groups is 1. The number of carbonyl (C=O) groups excluding carboxylic acids is 1. The number of fused-ring (bicyclic) bond motifs is 3. The molecular formula is C24H16N4O5S2. The molecule has 0 radical (unpaired) electrons. The molecule has 0 fully saturated rings. The van der Waals surface area contributed by atoms with Crippen LogP contribution in [0.2, 0.25) is 0 Å². The summed E-state index contributed by atoms with van der Waals surface area (Å²) >= 11 is 2.58. The Kier molecular flexibility index (Phi) is 5.15. The van der Waals surface area contributed by atoms with Crippen LogP contribution in [-0.2, 0) is 4.79 Å². The van der Waals surface area contributed by atoms with Crippen LogP contribution in [0.1, 0.15) is 5.56 Å². The number of hydrogen-bond acceptors (Lipinski definition) is 9. The first-order chi connectivity index (χ1) is 17.1. The quantitative estimate of drug-likeness (QED) is 0.349. The topological polar surface area (TPSA) is 108 Å². The lowest BCUT2D eigenvalue weighted by atomic mass is 10.0. The molecule has 0 unspecified atom stereocenters. The third-order valence-corrected chi connectivity index (χ3v) is 7.58. The summed E-state index contributed by atoms with van der Waals surface area (Å²) in [6, 6.07) is 14.8. The van der Waals surface area contributed by atoms with Crippen LogP contribution in [0.5, 0.6) is 11.5 Å². The number of aromatic nitrogens is 3. The lowest BCUT2D eigenvalue weighted by molar-refractivity contribution is -0.115. The van der Waals surface area contributed by atoms with Crippen LogP contribution in [-0.4, -0.2) is 45.5 Å². The molecule has 0 N–H and O–H groups in total. The Morgan fingerprint density at radius 2 is 1.54 bits per heavy atom. The van der Waals surface area contributed by atoms with Crippen LogP contribution in [0.3, 0.4) is 0 Å². The van der Waals surface area contributed by atoms with Gasteiger partial charge in [0.05, 0.1) is 20.0 Å². The van der Waals surface area contributed by atoms with Gasteiger partial charge in [0.2, 0.25) is 10.7 Å². The second kappa shape index (κ2) is 8.36. The molecule has 3 aromatic heterocycles. The minimum atomic E-state index is -0.585. The van der Waals surface area contributed by atoms with E-state index < -0.39 is 5.63 Å². The molecule has 1 aliphatic heterocycles. The minimum absolute atomic E-state index is 0.189. The van der Waals surface area contributed by atoms with Crippen molar-refractivity contribution in [2.75, 3.05) is 20.0 Å². The highest BCUT2D eigenvalue weighted by Gasteiger charge is 2.29. The number of nitrogens with zero attached hydrogens (tertiary/aromatic N) is 4. The van der Waals surface area contributed by atoms with E-state index in [0.29, 0.717) is 43.3 Å². The molecule has 35 heavy (non-hydrogen) atoms. The third kappa shape index (κ3) is 3.51. The predicted molar refractivity (Wildman–Crippen MR) is 135 cm³/mol. The summed E-state index contributed by atoms with van der Waals surface area (Å²) in [5, 5.41) is 9.02. The first-order valence-electron chi connectivity index (χ1n) is 10.5. The Morgan fingerprint density at radius 3 is 2.14 bits per heavy atom. The fourth-order valence-corrected chi connectivity index (χ4v) is 5.84. The van der Waals surface area contributed by atoms with Crippen molar-refractivity contribution in [3.8, 4) is 34.0 Å². The molecule has 11 heteroatoms. The second-order valence-corrected chi connectivity index (χ2v) is 9.52. The summed E-state index contributed by atoms with van der Waals surface area (Å²) in [5.74, 6) is 1.84. The van der Waals surface area contributed by atoms with Gasteiger partial charge >= 0.3 is 5.63 Å². The number of ether oxygens (including phenoxy) is 2. The Morgan fingerprint density at radius 1 is 0.886 bits per heavy atom. The Labute approximate surface area is 206 Å². The number of rotatable bonds is 5. The summed E-state index contributed by atoms with van der Waals surface area (Å²) in [5.41, 5.74) is 2.20. The number of aliphatic imine (C=N–C) groups is 1. The normalized spacial score (nSPS) is 13.5. The molecule has 0 saturated carbocycles. The summed E-state index contributed by atoms with van der Waals surface area (Å²) < 4.78 is 18.8. The summed E-state index contributed by atoms with van der Waals surface area (Å²) in [4.78, 5) is 29.9. The van der Waals surface area contributed by atoms with Gasteiger partial charge in [0.15, 0.2) is 5.82 Å². The van der Waals surface area contributed by atoms with Gasteiger partial charge in [0.25, 0.3) is 5.91 Å². The van der Waals surface area contributed by atoms with Gasteiger partial charge in [-0.15, -0.1) is 10.2 Å². The SMILES string of the molecule is COc1ccc(-c2c(C3=NC(=O)CS3)c(=O)oc3c2sc2nnc(-c4ccc(OC)cc4)n23)cc1. The molecule has 5 aromatic rings. The summed E-state index contributed by atoms with van der Waals surface area (Å²) in [7, 11) is 3.19. The van der Waals surface area contributed by atoms with Crippen molar-refractivity contribution in [2.24, 2.45) is 4.99 Å². The smallest absolute Gasteiger partial charge is 0.348 e. The number of methoxy groups -OCH3 is 2. The molecule has 174 valence electrons. The van der Waals surface area contributed by atoms with E-state index in [1.807, 2.05) is 48.5 Å². The third-order valence-electron chi connectivity index (χ3n) is 5.59. The molecule has 6 rings (SSSR count). The fourth-order valence-electron chi connectivity index (χ4n) is 3.95. The monoisotopic (exact) mass is 504 g/mol. The van der Waals surface area contributed by atoms with E-state index in [4.69, 9.17) is 13.9 Å². The van der Waals surface area contributed by atoms with Crippen molar-refractivity contribution in [3.05, 3.63) is 64.5 Å². The van der Waals surface area contributed by atoms with Crippen molar-refractivity contribution in [1.29, 1.82) is 0 Å². The standard InChI is InChI=1S/C24H16N4O5S2/c1-31-14-7-3-12(4-8-14)17-18(21-25-16(29)11-34-21)23(30)33-22-19(17)35-24-27-26-20(28(22)24)13-5-9-15(32-2)10-6-13/h3-10H,11H2,1-2H3. The molecule has 1 aliphatic rings. The zero-order chi connectivity index (χ0) is 24.1. The van der Waals surface area contributed by atoms with E-state index >= 15 is 0 Å². The van der Waals surface area contributed by atoms with Crippen molar-refractivity contribution >= 4 is 49.4 Å². The van der Waals surface area contributed by atoms with E-state index in [9.17, 15) is 9.59 Å². The molecule has 1 amide bonds. The molecule has 0 spiro atoms. The number of carbonyl (C=O) groups is 1. The van der Waals surface area contributed by atoms with Crippen LogP contribution < -0.4 is 15.1 Å². The molecule has 0 atom stereocenters. The van der Waals surface area contributed by atoms with Crippen molar-refractivity contribution in [1.82, 2.24) is 14.6 Å². The van der Waals surface area contributed by atoms with Crippen molar-refractivity contribution in [3.63, 3.8) is 0 Å². The van der Waals surface area contributed by atoms with Crippen molar-refractivity contribution in [2.45, 2.75) is 0 Å². The molecular weight excluding hydrogens is 488 g/mol. The van der Waals surface area contributed by atoms with Gasteiger partial charge in [-0.3, -0.25) is 4.79 Å². The molecule has 0 aliphatic carbocycles. The number of amides is 1. The van der Waals surface area contributed by atoms with Gasteiger partial charge in [-0.25, -0.2) is 14.2 Å². The number of benzene rings is 2. The van der Waals surface area contributed by atoms with E-state index in [0.717, 1.165) is 11.1 Å². The average molecular weight is 505 g/mol. The average Bonchev–Trinajstić information content (AvgIpc) is 3.59. The van der Waals surface area contributed by atoms with E-state index in [-0.39, 0.29) is 17.2 Å². The maximum absolute atomic E-state index is 13.4. The fraction of sp³-hybridized carbons (Fsp3) is 0.125. The Balaban J connectivity index is 1.66. The first kappa shape index (κ1) is 21.6. The van der Waals surface area contributed by atoms with Gasteiger partial charge in [-0.1, -0.05) is 35.2 Å². The minimum Gasteiger partial charge on any atom is -0.497 e. The molecule has 0 bridgehead atoms. The van der Waals surface area contributed by atoms with Crippen LogP contribution in [0.4, 0.5) is 0 Å². The van der Waals surface area contributed by atoms with Crippen molar-refractivity contribution < 1.29 is 18.7 Å². The lowest BCUT2D eigenvalue weighted by Crippen LogP contribution is -2.14. The van der Waals surface area contributed by atoms with Gasteiger partial charge < -0.3 is 13.9 Å². The summed E-state index contributed by atoms with van der Waals surface area (Å²) in [6.45, 7) is 0. The Hall–Kier alpha value is -3.96. The van der Waals surface area contributed by atoms with Crippen LogP contribution >= 0.6 is 23.1 Å². The summed E-state index contributed by atoms with van der Waals surface area (Å²) in [6.07, 6.45) is 0. The van der Waals surface area contributed by atoms with E-state index in [2.05, 4.69) is 15.2 Å². The highest BCUT2D eigenvalue weighted by molar-refractivity contribution is 8.15. The van der Waals surface area contributed by atoms with Gasteiger partial charge in [0.1, 0.15) is 26.8 Å². The zero-order valence-electron chi connectivity index (χ0n) is 18.5. The number of thiazole rings is 1. The van der Waals surface area contributed by atoms with Crippen LogP contribution in [0.15, 0.2) is 62.7 Å². The molecule has 4 heterocycles.